The molecule has 100 valence electrons. The molecule has 0 bridgehead atoms. The van der Waals surface area contributed by atoms with Crippen molar-refractivity contribution in [3.8, 4) is 5.69 Å². The van der Waals surface area contributed by atoms with E-state index in [0.29, 0.717) is 6.04 Å². The van der Waals surface area contributed by atoms with Gasteiger partial charge in [-0.05, 0) is 66.3 Å². The fraction of sp³-hybridized carbons (Fsp3) is 0.500. The van der Waals surface area contributed by atoms with Crippen molar-refractivity contribution in [2.75, 3.05) is 5.32 Å². The van der Waals surface area contributed by atoms with Crippen LogP contribution in [0.25, 0.3) is 5.69 Å². The molecule has 3 rings (SSSR count). The zero-order valence-electron chi connectivity index (χ0n) is 11.4. The van der Waals surface area contributed by atoms with E-state index in [1.165, 1.54) is 30.5 Å². The van der Waals surface area contributed by atoms with Crippen molar-refractivity contribution in [3.05, 3.63) is 30.1 Å². The Morgan fingerprint density at radius 2 is 2.21 bits per heavy atom. The zero-order chi connectivity index (χ0) is 13.2. The van der Waals surface area contributed by atoms with E-state index in [9.17, 15) is 0 Å². The summed E-state index contributed by atoms with van der Waals surface area (Å²) in [6.07, 6.45) is 5.50. The molecule has 0 saturated heterocycles. The minimum absolute atomic E-state index is 0.619. The molecule has 0 radical (unpaired) electrons. The summed E-state index contributed by atoms with van der Waals surface area (Å²) in [4.78, 5) is 0. The number of aromatic nitrogens is 4. The van der Waals surface area contributed by atoms with E-state index in [2.05, 4.69) is 52.9 Å². The second kappa shape index (κ2) is 4.99. The Bertz CT molecular complexity index is 549. The molecule has 0 spiro atoms. The number of rotatable bonds is 3. The average molecular weight is 257 g/mol. The number of benzene rings is 1. The molecule has 2 aromatic rings. The van der Waals surface area contributed by atoms with Crippen LogP contribution in [0.3, 0.4) is 0 Å². The van der Waals surface area contributed by atoms with Crippen molar-refractivity contribution in [2.24, 2.45) is 5.92 Å². The van der Waals surface area contributed by atoms with E-state index < -0.39 is 0 Å². The molecular formula is C14H19N5. The van der Waals surface area contributed by atoms with Crippen LogP contribution < -0.4 is 5.32 Å². The van der Waals surface area contributed by atoms with E-state index in [1.54, 1.807) is 11.0 Å². The molecule has 1 fully saturated rings. The first-order valence-corrected chi connectivity index (χ1v) is 6.83. The summed E-state index contributed by atoms with van der Waals surface area (Å²) in [5.74, 6) is 0.846. The maximum absolute atomic E-state index is 3.93. The summed E-state index contributed by atoms with van der Waals surface area (Å²) >= 11 is 0. The Balaban J connectivity index is 1.76. The summed E-state index contributed by atoms with van der Waals surface area (Å²) in [5, 5.41) is 14.9. The molecule has 0 amide bonds. The van der Waals surface area contributed by atoms with Gasteiger partial charge in [0, 0.05) is 11.7 Å². The molecule has 5 heteroatoms. The second-order valence-corrected chi connectivity index (χ2v) is 5.52. The van der Waals surface area contributed by atoms with Crippen molar-refractivity contribution >= 4 is 5.69 Å². The van der Waals surface area contributed by atoms with Gasteiger partial charge in [0.25, 0.3) is 0 Å². The maximum Gasteiger partial charge on any atom is 0.143 e. The fourth-order valence-corrected chi connectivity index (χ4v) is 2.85. The number of anilines is 1. The molecule has 1 aliphatic rings. The van der Waals surface area contributed by atoms with Crippen LogP contribution in [0.4, 0.5) is 5.69 Å². The van der Waals surface area contributed by atoms with Crippen LogP contribution in [0, 0.1) is 12.8 Å². The van der Waals surface area contributed by atoms with Crippen molar-refractivity contribution in [1.82, 2.24) is 20.2 Å². The summed E-state index contributed by atoms with van der Waals surface area (Å²) in [6, 6.07) is 6.95. The van der Waals surface area contributed by atoms with Crippen LogP contribution >= 0.6 is 0 Å². The summed E-state index contributed by atoms with van der Waals surface area (Å²) in [5.41, 5.74) is 3.38. The Morgan fingerprint density at radius 3 is 2.84 bits per heavy atom. The van der Waals surface area contributed by atoms with Gasteiger partial charge in [0.2, 0.25) is 0 Å². The zero-order valence-corrected chi connectivity index (χ0v) is 11.4. The first-order chi connectivity index (χ1) is 9.22. The molecule has 5 nitrogen and oxygen atoms in total. The van der Waals surface area contributed by atoms with Gasteiger partial charge in [0.05, 0.1) is 5.69 Å². The topological polar surface area (TPSA) is 55.6 Å². The highest BCUT2D eigenvalue weighted by molar-refractivity contribution is 5.53. The van der Waals surface area contributed by atoms with E-state index in [1.807, 2.05) is 0 Å². The Hall–Kier alpha value is -1.91. The lowest BCUT2D eigenvalue weighted by Gasteiger charge is -2.15. The molecule has 19 heavy (non-hydrogen) atoms. The predicted octanol–water partition coefficient (Wildman–Crippen LogP) is 2.57. The molecule has 2 atom stereocenters. The average Bonchev–Trinajstić information content (AvgIpc) is 3.01. The number of hydrogen-bond donors (Lipinski definition) is 1. The van der Waals surface area contributed by atoms with Gasteiger partial charge in [0.1, 0.15) is 6.33 Å². The number of tetrazole rings is 1. The van der Waals surface area contributed by atoms with Gasteiger partial charge in [0.15, 0.2) is 0 Å². The summed E-state index contributed by atoms with van der Waals surface area (Å²) in [6.45, 7) is 4.41. The quantitative estimate of drug-likeness (QED) is 0.918. The lowest BCUT2D eigenvalue weighted by Crippen LogP contribution is -2.15. The van der Waals surface area contributed by atoms with E-state index in [4.69, 9.17) is 0 Å². The van der Waals surface area contributed by atoms with Crippen LogP contribution in [-0.4, -0.2) is 26.2 Å². The molecule has 1 heterocycles. The lowest BCUT2D eigenvalue weighted by molar-refractivity contribution is 0.602. The highest BCUT2D eigenvalue weighted by atomic mass is 15.5. The van der Waals surface area contributed by atoms with Gasteiger partial charge in [-0.25, -0.2) is 4.68 Å². The SMILES string of the molecule is Cc1cc(NC2CCC(C)C2)ccc1-n1cnnn1. The molecule has 1 N–H and O–H groups in total. The molecule has 1 aromatic carbocycles. The molecule has 1 aliphatic carbocycles. The normalized spacial score (nSPS) is 22.6. The van der Waals surface area contributed by atoms with Crippen molar-refractivity contribution in [3.63, 3.8) is 0 Å². The molecule has 0 aliphatic heterocycles. The van der Waals surface area contributed by atoms with Crippen molar-refractivity contribution in [2.45, 2.75) is 39.2 Å². The third-order valence-corrected chi connectivity index (χ3v) is 3.86. The smallest absolute Gasteiger partial charge is 0.143 e. The highest BCUT2D eigenvalue weighted by Gasteiger charge is 2.20. The minimum atomic E-state index is 0.619. The van der Waals surface area contributed by atoms with E-state index in [-0.39, 0.29) is 0 Å². The molecule has 2 unspecified atom stereocenters. The van der Waals surface area contributed by atoms with Crippen LogP contribution in [0.5, 0.6) is 0 Å². The van der Waals surface area contributed by atoms with E-state index in [0.717, 1.165) is 11.6 Å². The van der Waals surface area contributed by atoms with Crippen LogP contribution in [0.15, 0.2) is 24.5 Å². The Kier molecular flexibility index (Phi) is 3.19. The van der Waals surface area contributed by atoms with Gasteiger partial charge >= 0.3 is 0 Å². The number of nitrogens with zero attached hydrogens (tertiary/aromatic N) is 4. The van der Waals surface area contributed by atoms with Gasteiger partial charge in [-0.15, -0.1) is 5.10 Å². The Morgan fingerprint density at radius 1 is 1.32 bits per heavy atom. The first-order valence-electron chi connectivity index (χ1n) is 6.83. The predicted molar refractivity (Wildman–Crippen MR) is 74.3 cm³/mol. The fourth-order valence-electron chi connectivity index (χ4n) is 2.85. The van der Waals surface area contributed by atoms with Crippen molar-refractivity contribution in [1.29, 1.82) is 0 Å². The number of nitrogens with one attached hydrogen (secondary N) is 1. The van der Waals surface area contributed by atoms with Crippen LogP contribution in [0.1, 0.15) is 31.7 Å². The number of hydrogen-bond acceptors (Lipinski definition) is 4. The largest absolute Gasteiger partial charge is 0.382 e. The minimum Gasteiger partial charge on any atom is -0.382 e. The monoisotopic (exact) mass is 257 g/mol. The first kappa shape index (κ1) is 12.1. The van der Waals surface area contributed by atoms with Gasteiger partial charge in [-0.2, -0.15) is 0 Å². The van der Waals surface area contributed by atoms with Crippen LogP contribution in [0.2, 0.25) is 0 Å². The standard InChI is InChI=1S/C14H19N5/c1-10-3-4-12(7-10)16-13-5-6-14(11(2)8-13)19-9-15-17-18-19/h5-6,8-10,12,16H,3-4,7H2,1-2H3. The second-order valence-electron chi connectivity index (χ2n) is 5.52. The highest BCUT2D eigenvalue weighted by Crippen LogP contribution is 2.28. The molecule has 1 saturated carbocycles. The number of aryl methyl sites for hydroxylation is 1. The molecule has 1 aromatic heterocycles. The van der Waals surface area contributed by atoms with Gasteiger partial charge in [-0.1, -0.05) is 6.92 Å². The lowest BCUT2D eigenvalue weighted by atomic mass is 10.1. The summed E-state index contributed by atoms with van der Waals surface area (Å²) < 4.78 is 1.69. The third kappa shape index (κ3) is 2.59. The van der Waals surface area contributed by atoms with Gasteiger partial charge in [-0.3, -0.25) is 0 Å². The van der Waals surface area contributed by atoms with Gasteiger partial charge < -0.3 is 5.32 Å². The maximum atomic E-state index is 3.93. The van der Waals surface area contributed by atoms with Crippen molar-refractivity contribution < 1.29 is 0 Å². The Labute approximate surface area is 113 Å². The van der Waals surface area contributed by atoms with E-state index >= 15 is 0 Å². The molecular weight excluding hydrogens is 238 g/mol. The van der Waals surface area contributed by atoms with Crippen LogP contribution in [-0.2, 0) is 0 Å². The third-order valence-electron chi connectivity index (χ3n) is 3.86. The summed E-state index contributed by atoms with van der Waals surface area (Å²) in [7, 11) is 0.